The highest BCUT2D eigenvalue weighted by molar-refractivity contribution is 5.96. The molecule has 0 aliphatic heterocycles. The van der Waals surface area contributed by atoms with E-state index in [0.29, 0.717) is 44.5 Å². The fourth-order valence-electron chi connectivity index (χ4n) is 3.43. The second kappa shape index (κ2) is 90.6. The van der Waals surface area contributed by atoms with Gasteiger partial charge in [-0.25, -0.2) is 0 Å². The predicted octanol–water partition coefficient (Wildman–Crippen LogP) is 12.3. The van der Waals surface area contributed by atoms with Gasteiger partial charge in [0, 0.05) is 79.6 Å². The maximum Gasteiger partial charge on any atom is 0.251 e. The molecule has 442 valence electrons. The summed E-state index contributed by atoms with van der Waals surface area (Å²) < 4.78 is 0. The highest BCUT2D eigenvalue weighted by atomic mass is 16.2. The molecule has 16 heteroatoms. The number of hydrogen-bond donors (Lipinski definition) is 7. The molecule has 4 rings (SSSR count). The van der Waals surface area contributed by atoms with Gasteiger partial charge in [0.1, 0.15) is 25.1 Å². The van der Waals surface area contributed by atoms with Crippen molar-refractivity contribution in [1.82, 2.24) is 31.9 Å². The Balaban J connectivity index is -0.0000000486. The van der Waals surface area contributed by atoms with Crippen molar-refractivity contribution < 1.29 is 43.2 Å². The third-order valence-electron chi connectivity index (χ3n) is 6.14. The Morgan fingerprint density at radius 1 is 0.303 bits per heavy atom. The summed E-state index contributed by atoms with van der Waals surface area (Å²) in [7, 11) is 13.8. The average Bonchev–Trinajstić information content (AvgIpc) is 3.46. The SMILES string of the molecule is C.C.C.C.CC.CC.CC.CC.CC.CC.CC.CC(N)=O.CNC.CNC.CNC(=O)c1ccc(C=O)cc1.CNC(=O)c1ccc(C=O)cc1.CNC(=O)c1ccc(C=O)cc1.CNC(=O)c1ccc(C=O)cc1. The van der Waals surface area contributed by atoms with E-state index in [1.807, 2.05) is 125 Å². The van der Waals surface area contributed by atoms with Crippen molar-refractivity contribution in [2.45, 2.75) is 134 Å². The molecule has 0 unspecified atom stereocenters. The minimum absolute atomic E-state index is 0. The summed E-state index contributed by atoms with van der Waals surface area (Å²) in [5.74, 6) is -0.917. The number of primary amides is 1. The van der Waals surface area contributed by atoms with E-state index in [1.54, 1.807) is 125 Å². The van der Waals surface area contributed by atoms with Gasteiger partial charge < -0.3 is 37.6 Å². The lowest BCUT2D eigenvalue weighted by Crippen LogP contribution is -2.17. The second-order valence-corrected chi connectivity index (χ2v) is 10.9. The summed E-state index contributed by atoms with van der Waals surface area (Å²) in [6.45, 7) is 29.3. The topological polar surface area (TPSA) is 252 Å². The maximum atomic E-state index is 11.0. The van der Waals surface area contributed by atoms with Gasteiger partial charge in [0.2, 0.25) is 5.91 Å². The smallest absolute Gasteiger partial charge is 0.251 e. The van der Waals surface area contributed by atoms with Crippen LogP contribution in [-0.2, 0) is 4.79 Å². The molecule has 0 spiro atoms. The fourth-order valence-corrected chi connectivity index (χ4v) is 3.43. The third kappa shape index (κ3) is 68.9. The van der Waals surface area contributed by atoms with Gasteiger partial charge in [-0.15, -0.1) is 0 Å². The van der Waals surface area contributed by atoms with Crippen LogP contribution in [0.25, 0.3) is 0 Å². The minimum Gasteiger partial charge on any atom is -0.370 e. The Bertz CT molecular complexity index is 1560. The van der Waals surface area contributed by atoms with Crippen molar-refractivity contribution in [2.75, 3.05) is 56.4 Å². The summed E-state index contributed by atoms with van der Waals surface area (Å²) in [5.41, 5.74) is 8.99. The highest BCUT2D eigenvalue weighted by Gasteiger charge is 2.03. The van der Waals surface area contributed by atoms with Gasteiger partial charge in [-0.1, -0.05) is 175 Å². The van der Waals surface area contributed by atoms with E-state index >= 15 is 0 Å². The molecule has 76 heavy (non-hydrogen) atoms. The van der Waals surface area contributed by atoms with E-state index in [1.165, 1.54) is 6.92 Å². The molecular weight excluding hydrogens is 963 g/mol. The van der Waals surface area contributed by atoms with Crippen molar-refractivity contribution in [2.24, 2.45) is 5.73 Å². The second-order valence-electron chi connectivity index (χ2n) is 10.9. The molecule has 4 aromatic carbocycles. The molecule has 0 bridgehead atoms. The van der Waals surface area contributed by atoms with Crippen LogP contribution in [0.5, 0.6) is 0 Å². The highest BCUT2D eigenvalue weighted by Crippen LogP contribution is 2.04. The van der Waals surface area contributed by atoms with Crippen LogP contribution >= 0.6 is 0 Å². The van der Waals surface area contributed by atoms with E-state index < -0.39 is 0 Å². The van der Waals surface area contributed by atoms with E-state index in [9.17, 15) is 43.2 Å². The Morgan fingerprint density at radius 3 is 0.461 bits per heavy atom. The number of aldehydes is 4. The van der Waals surface area contributed by atoms with Gasteiger partial charge in [0.15, 0.2) is 0 Å². The van der Waals surface area contributed by atoms with Gasteiger partial charge >= 0.3 is 0 Å². The Morgan fingerprint density at radius 2 is 0.395 bits per heavy atom. The lowest BCUT2D eigenvalue weighted by atomic mass is 10.1. The van der Waals surface area contributed by atoms with E-state index in [0.717, 1.165) is 25.1 Å². The number of hydrogen-bond acceptors (Lipinski definition) is 11. The van der Waals surface area contributed by atoms with Crippen molar-refractivity contribution in [3.05, 3.63) is 142 Å². The molecule has 0 aliphatic carbocycles. The number of nitrogens with one attached hydrogen (secondary N) is 6. The lowest BCUT2D eigenvalue weighted by molar-refractivity contribution is -0.116. The van der Waals surface area contributed by atoms with Crippen LogP contribution in [0.4, 0.5) is 0 Å². The molecule has 8 N–H and O–H groups in total. The van der Waals surface area contributed by atoms with Gasteiger partial charge in [0.25, 0.3) is 23.6 Å². The number of rotatable bonds is 8. The molecule has 0 saturated heterocycles. The Labute approximate surface area is 465 Å². The summed E-state index contributed by atoms with van der Waals surface area (Å²) >= 11 is 0. The van der Waals surface area contributed by atoms with Crippen molar-refractivity contribution in [1.29, 1.82) is 0 Å². The normalized spacial score (nSPS) is 7.09. The van der Waals surface area contributed by atoms with E-state index in [-0.39, 0.29) is 59.2 Å². The Kier molecular flexibility index (Phi) is 126. The molecular formula is C60H113N7O9. The zero-order chi connectivity index (χ0) is 58.9. The van der Waals surface area contributed by atoms with Gasteiger partial charge in [-0.2, -0.15) is 0 Å². The largest absolute Gasteiger partial charge is 0.370 e. The summed E-state index contributed by atoms with van der Waals surface area (Å²) in [4.78, 5) is 94.3. The molecule has 0 aliphatic rings. The summed E-state index contributed by atoms with van der Waals surface area (Å²) in [5, 5.41) is 15.5. The van der Waals surface area contributed by atoms with Crippen LogP contribution in [0.3, 0.4) is 0 Å². The van der Waals surface area contributed by atoms with Crippen LogP contribution in [0.15, 0.2) is 97.1 Å². The molecule has 4 aromatic rings. The molecule has 0 fully saturated rings. The van der Waals surface area contributed by atoms with Crippen molar-refractivity contribution in [3.8, 4) is 0 Å². The van der Waals surface area contributed by atoms with Crippen LogP contribution in [0.1, 0.15) is 216 Å². The molecule has 0 atom stereocenters. The number of benzene rings is 4. The van der Waals surface area contributed by atoms with Crippen molar-refractivity contribution >= 4 is 54.7 Å². The molecule has 0 saturated carbocycles. The number of carbonyl (C=O) groups excluding carboxylic acids is 9. The van der Waals surface area contributed by atoms with Gasteiger partial charge in [-0.3, -0.25) is 43.2 Å². The molecule has 0 aromatic heterocycles. The molecule has 5 amide bonds. The van der Waals surface area contributed by atoms with Gasteiger partial charge in [-0.05, 0) is 76.7 Å². The van der Waals surface area contributed by atoms with E-state index in [2.05, 4.69) is 37.6 Å². The maximum absolute atomic E-state index is 11.0. The minimum atomic E-state index is -0.333. The first-order valence-corrected chi connectivity index (χ1v) is 24.2. The fraction of sp³-hybridized carbons (Fsp3) is 0.450. The first-order valence-electron chi connectivity index (χ1n) is 24.2. The first kappa shape index (κ1) is 105. The van der Waals surface area contributed by atoms with Crippen LogP contribution in [-0.4, -0.2) is 111 Å². The summed E-state index contributed by atoms with van der Waals surface area (Å²) in [6, 6.07) is 25.8. The van der Waals surface area contributed by atoms with Crippen molar-refractivity contribution in [3.63, 3.8) is 0 Å². The molecule has 16 nitrogen and oxygen atoms in total. The molecule has 0 radical (unpaired) electrons. The standard InChI is InChI=1S/4C9H9NO2.C2H5NO.2C2H7N.7C2H6.4CH4/c4*1-10-9(12)8-4-2-7(6-11)3-5-8;1-2(3)4;2*1-3-2;7*1-2;;;;/h4*2-6H,1H3,(H,10,12);1H3,(H2,3,4);2*3H,1-2H3;7*1-2H3;4*1H4. The number of nitrogens with two attached hydrogens (primary N) is 1. The van der Waals surface area contributed by atoms with Crippen LogP contribution in [0, 0.1) is 0 Å². The average molecular weight is 1080 g/mol. The number of amides is 5. The lowest BCUT2D eigenvalue weighted by Gasteiger charge is -1.98. The number of carbonyl (C=O) groups is 9. The summed E-state index contributed by atoms with van der Waals surface area (Å²) in [6.07, 6.45) is 2.97. The van der Waals surface area contributed by atoms with E-state index in [4.69, 9.17) is 0 Å². The van der Waals surface area contributed by atoms with Gasteiger partial charge in [0.05, 0.1) is 0 Å². The quantitative estimate of drug-likeness (QED) is 0.0817. The zero-order valence-corrected chi connectivity index (χ0v) is 48.3. The predicted molar refractivity (Wildman–Crippen MR) is 332 cm³/mol. The monoisotopic (exact) mass is 1080 g/mol. The van der Waals surface area contributed by atoms with Crippen LogP contribution in [0.2, 0.25) is 0 Å². The first-order chi connectivity index (χ1) is 34.7. The Hall–Kier alpha value is -7.17. The third-order valence-corrected chi connectivity index (χ3v) is 6.14. The van der Waals surface area contributed by atoms with Crippen LogP contribution < -0.4 is 37.6 Å². The zero-order valence-electron chi connectivity index (χ0n) is 48.3. The molecule has 0 heterocycles.